The van der Waals surface area contributed by atoms with Gasteiger partial charge in [-0.25, -0.2) is 9.78 Å². The van der Waals surface area contributed by atoms with Crippen LogP contribution in [0.3, 0.4) is 0 Å². The third-order valence-corrected chi connectivity index (χ3v) is 5.74. The lowest BCUT2D eigenvalue weighted by atomic mass is 10.3. The van der Waals surface area contributed by atoms with Crippen LogP contribution in [0.2, 0.25) is 0 Å². The van der Waals surface area contributed by atoms with E-state index in [1.54, 1.807) is 11.3 Å². The normalized spacial score (nSPS) is 13.0. The van der Waals surface area contributed by atoms with E-state index < -0.39 is 10.8 Å². The number of hydrogen-bond acceptors (Lipinski definition) is 4. The first-order chi connectivity index (χ1) is 9.79. The van der Waals surface area contributed by atoms with Crippen LogP contribution >= 0.6 is 11.3 Å². The van der Waals surface area contributed by atoms with Crippen molar-refractivity contribution in [1.82, 2.24) is 15.6 Å². The molecule has 0 spiro atoms. The van der Waals surface area contributed by atoms with Crippen molar-refractivity contribution in [3.8, 4) is 0 Å². The molecule has 0 radical (unpaired) electrons. The predicted octanol–water partition coefficient (Wildman–Crippen LogP) is 2.23. The minimum atomic E-state index is -0.933. The fourth-order valence-electron chi connectivity index (χ4n) is 1.59. The van der Waals surface area contributed by atoms with E-state index in [0.29, 0.717) is 18.8 Å². The first-order valence-corrected chi connectivity index (χ1v) is 9.30. The molecule has 0 aliphatic carbocycles. The van der Waals surface area contributed by atoms with E-state index in [1.165, 1.54) is 0 Å². The van der Waals surface area contributed by atoms with Gasteiger partial charge in [0.25, 0.3) is 0 Å². The van der Waals surface area contributed by atoms with Gasteiger partial charge in [-0.15, -0.1) is 11.3 Å². The van der Waals surface area contributed by atoms with Crippen molar-refractivity contribution in [3.05, 3.63) is 16.1 Å². The summed E-state index contributed by atoms with van der Waals surface area (Å²) in [4.78, 5) is 15.9. The Bertz CT molecular complexity index is 481. The van der Waals surface area contributed by atoms with Crippen molar-refractivity contribution in [2.45, 2.75) is 45.3 Å². The standard InChI is InChI=1S/C14H25N3O2S2/c1-11-10-20-12(17-11)6-5-7-15-13(18)16-8-9-21(19)14(2,3)4/h10H,5-9H2,1-4H3,(H2,15,16,18). The highest BCUT2D eigenvalue weighted by atomic mass is 32.2. The van der Waals surface area contributed by atoms with Crippen LogP contribution in [0.1, 0.15) is 37.9 Å². The number of nitrogens with one attached hydrogen (secondary N) is 2. The van der Waals surface area contributed by atoms with Crippen molar-refractivity contribution in [2.24, 2.45) is 0 Å². The van der Waals surface area contributed by atoms with Gasteiger partial charge in [-0.2, -0.15) is 0 Å². The number of aromatic nitrogens is 1. The van der Waals surface area contributed by atoms with Gasteiger partial charge >= 0.3 is 6.03 Å². The maximum absolute atomic E-state index is 11.8. The molecule has 21 heavy (non-hydrogen) atoms. The van der Waals surface area contributed by atoms with E-state index in [2.05, 4.69) is 15.6 Å². The molecular weight excluding hydrogens is 306 g/mol. The number of urea groups is 1. The fraction of sp³-hybridized carbons (Fsp3) is 0.714. The lowest BCUT2D eigenvalue weighted by Gasteiger charge is -2.17. The topological polar surface area (TPSA) is 71.1 Å². The van der Waals surface area contributed by atoms with Crippen molar-refractivity contribution < 1.29 is 9.00 Å². The minimum absolute atomic E-state index is 0.198. The number of rotatable bonds is 7. The van der Waals surface area contributed by atoms with Gasteiger partial charge in [-0.1, -0.05) is 0 Å². The first-order valence-electron chi connectivity index (χ1n) is 7.10. The van der Waals surface area contributed by atoms with Gasteiger partial charge in [0.2, 0.25) is 0 Å². The summed E-state index contributed by atoms with van der Waals surface area (Å²) in [5, 5.41) is 8.67. The SMILES string of the molecule is Cc1csc(CCCNC(=O)NCCS(=O)C(C)(C)C)n1. The third-order valence-electron chi connectivity index (χ3n) is 2.78. The van der Waals surface area contributed by atoms with E-state index in [0.717, 1.165) is 23.5 Å². The summed E-state index contributed by atoms with van der Waals surface area (Å²) in [5.74, 6) is 0.481. The van der Waals surface area contributed by atoms with E-state index in [4.69, 9.17) is 0 Å². The molecule has 0 bridgehead atoms. The molecule has 0 saturated heterocycles. The molecule has 0 saturated carbocycles. The summed E-state index contributed by atoms with van der Waals surface area (Å²) in [7, 11) is -0.933. The van der Waals surface area contributed by atoms with Crippen LogP contribution < -0.4 is 10.6 Å². The fourth-order valence-corrected chi connectivity index (χ4v) is 3.30. The highest BCUT2D eigenvalue weighted by Gasteiger charge is 2.18. The second-order valence-corrected chi connectivity index (χ2v) is 9.10. The number of aryl methyl sites for hydroxylation is 2. The van der Waals surface area contributed by atoms with Gasteiger partial charge in [0.1, 0.15) is 0 Å². The Labute approximate surface area is 133 Å². The monoisotopic (exact) mass is 331 g/mol. The number of carbonyl (C=O) groups is 1. The molecule has 1 aromatic rings. The van der Waals surface area contributed by atoms with E-state index in [-0.39, 0.29) is 10.8 Å². The van der Waals surface area contributed by atoms with Crippen LogP contribution in [0.15, 0.2) is 5.38 Å². The Balaban J connectivity index is 2.08. The minimum Gasteiger partial charge on any atom is -0.338 e. The van der Waals surface area contributed by atoms with Gasteiger partial charge in [0, 0.05) is 51.9 Å². The molecule has 0 aliphatic rings. The van der Waals surface area contributed by atoms with Gasteiger partial charge < -0.3 is 10.6 Å². The number of amides is 2. The number of carbonyl (C=O) groups excluding carboxylic acids is 1. The maximum Gasteiger partial charge on any atom is 0.314 e. The average molecular weight is 332 g/mol. The second-order valence-electron chi connectivity index (χ2n) is 5.83. The van der Waals surface area contributed by atoms with Crippen LogP contribution in [0, 0.1) is 6.92 Å². The van der Waals surface area contributed by atoms with Crippen LogP contribution in [0.5, 0.6) is 0 Å². The Morgan fingerprint density at radius 3 is 2.57 bits per heavy atom. The predicted molar refractivity (Wildman–Crippen MR) is 89.3 cm³/mol. The largest absolute Gasteiger partial charge is 0.338 e. The van der Waals surface area contributed by atoms with Crippen molar-refractivity contribution >= 4 is 28.2 Å². The van der Waals surface area contributed by atoms with Crippen molar-refractivity contribution in [3.63, 3.8) is 0 Å². The summed E-state index contributed by atoms with van der Waals surface area (Å²) >= 11 is 1.65. The molecule has 2 amide bonds. The Hall–Kier alpha value is -0.950. The van der Waals surface area contributed by atoms with Crippen molar-refractivity contribution in [1.29, 1.82) is 0 Å². The molecule has 1 atom stereocenters. The molecule has 1 unspecified atom stereocenters. The Morgan fingerprint density at radius 2 is 2.00 bits per heavy atom. The van der Waals surface area contributed by atoms with E-state index in [1.807, 2.05) is 33.1 Å². The van der Waals surface area contributed by atoms with Gasteiger partial charge in [0.15, 0.2) is 0 Å². The highest BCUT2D eigenvalue weighted by Crippen LogP contribution is 2.11. The summed E-state index contributed by atoms with van der Waals surface area (Å²) in [6.07, 6.45) is 1.75. The van der Waals surface area contributed by atoms with Crippen LogP contribution in [-0.4, -0.2) is 38.8 Å². The zero-order chi connectivity index (χ0) is 15.9. The number of thiazole rings is 1. The highest BCUT2D eigenvalue weighted by molar-refractivity contribution is 7.86. The molecule has 0 aromatic carbocycles. The molecule has 1 rings (SSSR count). The second kappa shape index (κ2) is 8.48. The van der Waals surface area contributed by atoms with E-state index in [9.17, 15) is 9.00 Å². The summed E-state index contributed by atoms with van der Waals surface area (Å²) in [6.45, 7) is 8.83. The van der Waals surface area contributed by atoms with Crippen LogP contribution in [0.25, 0.3) is 0 Å². The Morgan fingerprint density at radius 1 is 1.33 bits per heavy atom. The van der Waals surface area contributed by atoms with E-state index >= 15 is 0 Å². The molecule has 1 heterocycles. The molecule has 0 aliphatic heterocycles. The number of nitrogens with zero attached hydrogens (tertiary/aromatic N) is 1. The van der Waals surface area contributed by atoms with Gasteiger partial charge in [0.05, 0.1) is 5.01 Å². The molecule has 5 nitrogen and oxygen atoms in total. The lowest BCUT2D eigenvalue weighted by molar-refractivity contribution is 0.241. The average Bonchev–Trinajstić information content (AvgIpc) is 2.79. The smallest absolute Gasteiger partial charge is 0.314 e. The molecular formula is C14H25N3O2S2. The van der Waals surface area contributed by atoms with Crippen LogP contribution in [0.4, 0.5) is 4.79 Å². The summed E-state index contributed by atoms with van der Waals surface area (Å²) in [6, 6.07) is -0.198. The van der Waals surface area contributed by atoms with Crippen LogP contribution in [-0.2, 0) is 17.2 Å². The van der Waals surface area contributed by atoms with Gasteiger partial charge in [-0.3, -0.25) is 4.21 Å². The molecule has 0 fully saturated rings. The lowest BCUT2D eigenvalue weighted by Crippen LogP contribution is -2.39. The molecule has 120 valence electrons. The quantitative estimate of drug-likeness (QED) is 0.753. The summed E-state index contributed by atoms with van der Waals surface area (Å²) < 4.78 is 11.6. The molecule has 1 aromatic heterocycles. The maximum atomic E-state index is 11.8. The Kier molecular flexibility index (Phi) is 7.31. The number of hydrogen-bond donors (Lipinski definition) is 2. The zero-order valence-corrected chi connectivity index (χ0v) is 14.8. The van der Waals surface area contributed by atoms with Crippen molar-refractivity contribution in [2.75, 3.05) is 18.8 Å². The molecule has 2 N–H and O–H groups in total. The first kappa shape index (κ1) is 18.1. The summed E-state index contributed by atoms with van der Waals surface area (Å²) in [5.41, 5.74) is 1.05. The molecule has 7 heteroatoms. The van der Waals surface area contributed by atoms with Gasteiger partial charge in [-0.05, 0) is 34.1 Å². The zero-order valence-electron chi connectivity index (χ0n) is 13.2. The third kappa shape index (κ3) is 7.57.